The van der Waals surface area contributed by atoms with Crippen LogP contribution < -0.4 is 10.6 Å². The second-order valence-corrected chi connectivity index (χ2v) is 6.50. The van der Waals surface area contributed by atoms with Crippen LogP contribution in [0, 0.1) is 11.7 Å². The molecule has 27 heavy (non-hydrogen) atoms. The first-order valence-corrected chi connectivity index (χ1v) is 9.36. The summed E-state index contributed by atoms with van der Waals surface area (Å²) in [5, 5.41) is 6.49. The molecule has 0 bridgehead atoms. The van der Waals surface area contributed by atoms with Gasteiger partial charge in [0.25, 0.3) is 0 Å². The first kappa shape index (κ1) is 22.8. The van der Waals surface area contributed by atoms with Gasteiger partial charge in [0.1, 0.15) is 5.82 Å². The molecule has 1 amide bonds. The van der Waals surface area contributed by atoms with Crippen LogP contribution in [-0.2, 0) is 4.79 Å². The van der Waals surface area contributed by atoms with Crippen molar-refractivity contribution < 1.29 is 9.18 Å². The minimum absolute atomic E-state index is 0.178. The SMILES string of the molecule is C=CC1=C(C=C)CN(C=O)CC1.CNCC1CCNC1.Fc1ccccc1. The number of hydrogen-bond acceptors (Lipinski definition) is 3. The molecule has 1 saturated heterocycles. The maximum absolute atomic E-state index is 11.9. The molecule has 1 atom stereocenters. The van der Waals surface area contributed by atoms with E-state index in [1.165, 1.54) is 43.8 Å². The molecule has 0 radical (unpaired) electrons. The fourth-order valence-electron chi connectivity index (χ4n) is 2.93. The minimum Gasteiger partial charge on any atom is -0.341 e. The lowest BCUT2D eigenvalue weighted by molar-refractivity contribution is -0.117. The zero-order valence-electron chi connectivity index (χ0n) is 16.3. The van der Waals surface area contributed by atoms with E-state index in [-0.39, 0.29) is 5.82 Å². The predicted molar refractivity (Wildman–Crippen MR) is 111 cm³/mol. The lowest BCUT2D eigenvalue weighted by Gasteiger charge is -2.25. The molecule has 3 rings (SSSR count). The number of halogens is 1. The number of nitrogens with zero attached hydrogens (tertiary/aromatic N) is 1. The molecule has 1 aromatic carbocycles. The van der Waals surface area contributed by atoms with Crippen LogP contribution in [0.1, 0.15) is 12.8 Å². The van der Waals surface area contributed by atoms with Gasteiger partial charge in [-0.15, -0.1) is 0 Å². The summed E-state index contributed by atoms with van der Waals surface area (Å²) < 4.78 is 11.9. The van der Waals surface area contributed by atoms with Gasteiger partial charge < -0.3 is 15.5 Å². The summed E-state index contributed by atoms with van der Waals surface area (Å²) in [6, 6.07) is 7.94. The molecule has 1 fully saturated rings. The molecule has 2 heterocycles. The second kappa shape index (κ2) is 13.9. The van der Waals surface area contributed by atoms with Crippen LogP contribution in [0.3, 0.4) is 0 Å². The van der Waals surface area contributed by atoms with E-state index in [1.54, 1.807) is 29.2 Å². The molecule has 2 aliphatic rings. The number of carbonyl (C=O) groups is 1. The third-order valence-corrected chi connectivity index (χ3v) is 4.48. The smallest absolute Gasteiger partial charge is 0.210 e. The predicted octanol–water partition coefficient (Wildman–Crippen LogP) is 3.16. The fraction of sp³-hybridized carbons (Fsp3) is 0.409. The molecule has 0 aliphatic carbocycles. The maximum atomic E-state index is 11.9. The lowest BCUT2D eigenvalue weighted by Crippen LogP contribution is -2.29. The van der Waals surface area contributed by atoms with Crippen LogP contribution in [0.5, 0.6) is 0 Å². The molecule has 1 aromatic rings. The van der Waals surface area contributed by atoms with Crippen LogP contribution >= 0.6 is 0 Å². The summed E-state index contributed by atoms with van der Waals surface area (Å²) >= 11 is 0. The number of amides is 1. The normalized spacial score (nSPS) is 18.6. The van der Waals surface area contributed by atoms with Crippen molar-refractivity contribution in [3.63, 3.8) is 0 Å². The van der Waals surface area contributed by atoms with Gasteiger partial charge in [-0.05, 0) is 68.7 Å². The van der Waals surface area contributed by atoms with E-state index < -0.39 is 0 Å². The molecule has 0 saturated carbocycles. The van der Waals surface area contributed by atoms with Gasteiger partial charge in [0.2, 0.25) is 6.41 Å². The largest absolute Gasteiger partial charge is 0.341 e. The minimum atomic E-state index is -0.178. The number of carbonyl (C=O) groups excluding carboxylic acids is 1. The number of hydrogen-bond donors (Lipinski definition) is 2. The third-order valence-electron chi connectivity index (χ3n) is 4.48. The zero-order valence-corrected chi connectivity index (χ0v) is 16.3. The summed E-state index contributed by atoms with van der Waals surface area (Å²) in [4.78, 5) is 12.2. The first-order chi connectivity index (χ1) is 13.1. The van der Waals surface area contributed by atoms with Crippen molar-refractivity contribution in [1.82, 2.24) is 15.5 Å². The molecular weight excluding hydrogens is 341 g/mol. The van der Waals surface area contributed by atoms with Crippen LogP contribution in [0.4, 0.5) is 4.39 Å². The van der Waals surface area contributed by atoms with Gasteiger partial charge >= 0.3 is 0 Å². The molecule has 4 nitrogen and oxygen atoms in total. The molecule has 5 heteroatoms. The van der Waals surface area contributed by atoms with Crippen LogP contribution in [0.2, 0.25) is 0 Å². The van der Waals surface area contributed by atoms with E-state index >= 15 is 0 Å². The fourth-order valence-corrected chi connectivity index (χ4v) is 2.93. The number of allylic oxidation sites excluding steroid dienone is 1. The van der Waals surface area contributed by atoms with Crippen molar-refractivity contribution in [3.8, 4) is 0 Å². The van der Waals surface area contributed by atoms with Crippen molar-refractivity contribution in [1.29, 1.82) is 0 Å². The first-order valence-electron chi connectivity index (χ1n) is 9.36. The van der Waals surface area contributed by atoms with Crippen molar-refractivity contribution >= 4 is 6.41 Å². The Morgan fingerprint density at radius 1 is 1.26 bits per heavy atom. The Kier molecular flexibility index (Phi) is 11.7. The Morgan fingerprint density at radius 3 is 2.41 bits per heavy atom. The van der Waals surface area contributed by atoms with Gasteiger partial charge in [-0.1, -0.05) is 43.5 Å². The molecule has 0 spiro atoms. The van der Waals surface area contributed by atoms with E-state index in [1.807, 2.05) is 13.1 Å². The van der Waals surface area contributed by atoms with Gasteiger partial charge in [-0.3, -0.25) is 4.79 Å². The van der Waals surface area contributed by atoms with Gasteiger partial charge in [-0.25, -0.2) is 4.39 Å². The average Bonchev–Trinajstić information content (AvgIpc) is 3.22. The topological polar surface area (TPSA) is 44.4 Å². The van der Waals surface area contributed by atoms with Crippen molar-refractivity contribution in [3.05, 3.63) is 72.6 Å². The Balaban J connectivity index is 0.000000212. The third kappa shape index (κ3) is 9.31. The molecule has 1 unspecified atom stereocenters. The van der Waals surface area contributed by atoms with Crippen LogP contribution in [-0.4, -0.2) is 51.1 Å². The number of benzene rings is 1. The highest BCUT2D eigenvalue weighted by molar-refractivity contribution is 5.50. The Labute approximate surface area is 162 Å². The quantitative estimate of drug-likeness (QED) is 0.780. The van der Waals surface area contributed by atoms with E-state index in [2.05, 4.69) is 23.8 Å². The van der Waals surface area contributed by atoms with E-state index in [9.17, 15) is 9.18 Å². The van der Waals surface area contributed by atoms with Gasteiger partial charge in [-0.2, -0.15) is 0 Å². The number of rotatable bonds is 5. The average molecular weight is 374 g/mol. The highest BCUT2D eigenvalue weighted by Gasteiger charge is 2.13. The standard InChI is InChI=1S/C10H13NO.C6H5F.C6H14N2/c1-3-9-5-6-11(8-12)7-10(9)4-2;7-6-4-2-1-3-5-6;1-7-4-6-2-3-8-5-6/h3-4,8H,1-2,5-7H2;1-5H;6-8H,2-5H2,1H3. The van der Waals surface area contributed by atoms with E-state index in [0.717, 1.165) is 30.9 Å². The van der Waals surface area contributed by atoms with Crippen LogP contribution in [0.25, 0.3) is 0 Å². The molecular formula is C22H32FN3O. The summed E-state index contributed by atoms with van der Waals surface area (Å²) in [6.07, 6.45) is 6.76. The second-order valence-electron chi connectivity index (χ2n) is 6.50. The summed E-state index contributed by atoms with van der Waals surface area (Å²) in [7, 11) is 2.01. The zero-order chi connectivity index (χ0) is 19.9. The summed E-state index contributed by atoms with van der Waals surface area (Å²) in [5.74, 6) is 0.711. The van der Waals surface area contributed by atoms with Gasteiger partial charge in [0.05, 0.1) is 0 Å². The Hall–Kier alpha value is -2.24. The van der Waals surface area contributed by atoms with Crippen molar-refractivity contribution in [2.24, 2.45) is 5.92 Å². The summed E-state index contributed by atoms with van der Waals surface area (Å²) in [6.45, 7) is 12.5. The molecule has 2 aliphatic heterocycles. The highest BCUT2D eigenvalue weighted by atomic mass is 19.1. The van der Waals surface area contributed by atoms with E-state index in [0.29, 0.717) is 6.54 Å². The summed E-state index contributed by atoms with van der Waals surface area (Å²) in [5.41, 5.74) is 2.33. The Morgan fingerprint density at radius 2 is 1.96 bits per heavy atom. The highest BCUT2D eigenvalue weighted by Crippen LogP contribution is 2.18. The van der Waals surface area contributed by atoms with Gasteiger partial charge in [0, 0.05) is 13.1 Å². The molecule has 148 valence electrons. The van der Waals surface area contributed by atoms with Crippen molar-refractivity contribution in [2.45, 2.75) is 12.8 Å². The monoisotopic (exact) mass is 373 g/mol. The number of nitrogens with one attached hydrogen (secondary N) is 2. The Bertz CT molecular complexity index is 595. The molecule has 0 aromatic heterocycles. The van der Waals surface area contributed by atoms with Crippen molar-refractivity contribution in [2.75, 3.05) is 39.8 Å². The lowest BCUT2D eigenvalue weighted by atomic mass is 10.0. The molecule has 2 N–H and O–H groups in total. The maximum Gasteiger partial charge on any atom is 0.210 e. The van der Waals surface area contributed by atoms with E-state index in [4.69, 9.17) is 0 Å². The van der Waals surface area contributed by atoms with Crippen LogP contribution in [0.15, 0.2) is 66.8 Å². The van der Waals surface area contributed by atoms with Gasteiger partial charge in [0.15, 0.2) is 0 Å².